The minimum absolute atomic E-state index is 0.00985. The summed E-state index contributed by atoms with van der Waals surface area (Å²) in [5, 5.41) is 26.6. The molecular weight excluding hydrogens is 780 g/mol. The Morgan fingerprint density at radius 2 is 0.982 bits per heavy atom. The fourth-order valence-electron chi connectivity index (χ4n) is 4.11. The predicted molar refractivity (Wildman–Crippen MR) is 180 cm³/mol. The van der Waals surface area contributed by atoms with E-state index >= 15 is 0 Å². The van der Waals surface area contributed by atoms with Gasteiger partial charge in [-0.25, -0.2) is 9.97 Å². The molecule has 5 aromatic rings. The third kappa shape index (κ3) is 12.3. The molecule has 0 atom stereocenters. The maximum absolute atomic E-state index is 12.6. The topological polar surface area (TPSA) is 181 Å². The summed E-state index contributed by atoms with van der Waals surface area (Å²) in [7, 11) is 2.92. The van der Waals surface area contributed by atoms with Gasteiger partial charge in [-0.3, -0.25) is 20.2 Å². The first-order chi connectivity index (χ1) is 26.0. The van der Waals surface area contributed by atoms with Gasteiger partial charge in [-0.1, -0.05) is 0 Å². The van der Waals surface area contributed by atoms with Crippen LogP contribution < -0.4 is 25.8 Å². The number of hydrogen-bond acceptors (Lipinski definition) is 11. The monoisotopic (exact) mass is 805 g/mol. The van der Waals surface area contributed by atoms with Crippen LogP contribution in [0.15, 0.2) is 91.3 Å². The zero-order valence-corrected chi connectivity index (χ0v) is 28.3. The van der Waals surface area contributed by atoms with E-state index < -0.39 is 62.3 Å². The summed E-state index contributed by atoms with van der Waals surface area (Å²) >= 11 is 0. The number of nitro benzene ring substituents is 2. The van der Waals surface area contributed by atoms with E-state index in [0.29, 0.717) is 47.0 Å². The van der Waals surface area contributed by atoms with Crippen LogP contribution >= 0.6 is 0 Å². The second kappa shape index (κ2) is 17.9. The number of methoxy groups -OCH3 is 2. The summed E-state index contributed by atoms with van der Waals surface area (Å²) in [6.07, 6.45) is -10.9. The first-order valence-corrected chi connectivity index (χ1v) is 14.9. The van der Waals surface area contributed by atoms with Crippen LogP contribution in [0.3, 0.4) is 0 Å². The van der Waals surface area contributed by atoms with Crippen molar-refractivity contribution >= 4 is 39.8 Å². The Morgan fingerprint density at radius 1 is 0.589 bits per heavy atom. The Labute approximate surface area is 308 Å². The predicted octanol–water partition coefficient (Wildman–Crippen LogP) is 9.95. The van der Waals surface area contributed by atoms with E-state index in [9.17, 15) is 64.1 Å². The number of aromatic nitrogens is 2. The van der Waals surface area contributed by atoms with Gasteiger partial charge in [-0.2, -0.15) is 43.9 Å². The summed E-state index contributed by atoms with van der Waals surface area (Å²) < 4.78 is 134. The van der Waals surface area contributed by atoms with Gasteiger partial charge in [-0.15, -0.1) is 0 Å². The Hall–Kier alpha value is -6.94. The van der Waals surface area contributed by atoms with E-state index in [4.69, 9.17) is 15.2 Å². The molecule has 0 bridgehead atoms. The number of benzene rings is 3. The molecule has 2 aromatic heterocycles. The van der Waals surface area contributed by atoms with Gasteiger partial charge in [0.15, 0.2) is 0 Å². The first-order valence-electron chi connectivity index (χ1n) is 14.9. The van der Waals surface area contributed by atoms with Crippen molar-refractivity contribution in [3.63, 3.8) is 0 Å². The summed E-state index contributed by atoms with van der Waals surface area (Å²) in [5.41, 5.74) is 1.94. The molecule has 0 aliphatic carbocycles. The van der Waals surface area contributed by atoms with Crippen molar-refractivity contribution in [3.05, 3.63) is 134 Å². The molecule has 56 heavy (non-hydrogen) atoms. The van der Waals surface area contributed by atoms with Crippen LogP contribution in [0, 0.1) is 26.0 Å². The van der Waals surface area contributed by atoms with E-state index in [-0.39, 0.29) is 17.4 Å². The molecule has 13 nitrogen and oxygen atoms in total. The fraction of sp³-hybridized carbons (Fsp3) is 0.152. The Kier molecular flexibility index (Phi) is 13.9. The fourth-order valence-corrected chi connectivity index (χ4v) is 4.11. The third-order valence-electron chi connectivity index (χ3n) is 6.82. The van der Waals surface area contributed by atoms with Gasteiger partial charge in [0.05, 0.1) is 75.9 Å². The van der Waals surface area contributed by atoms with Crippen molar-refractivity contribution in [2.45, 2.75) is 18.5 Å². The number of hydrogen-bond donors (Lipinski definition) is 3. The minimum Gasteiger partial charge on any atom is -0.481 e. The second-order valence-corrected chi connectivity index (χ2v) is 10.6. The molecule has 2 heterocycles. The Balaban J connectivity index is 0.000000231. The van der Waals surface area contributed by atoms with Crippen molar-refractivity contribution in [1.29, 1.82) is 0 Å². The van der Waals surface area contributed by atoms with Crippen molar-refractivity contribution < 1.29 is 63.2 Å². The molecule has 0 aliphatic rings. The van der Waals surface area contributed by atoms with Gasteiger partial charge in [0.25, 0.3) is 5.69 Å². The van der Waals surface area contributed by atoms with Crippen molar-refractivity contribution in [2.24, 2.45) is 0 Å². The lowest BCUT2D eigenvalue weighted by molar-refractivity contribution is -0.387. The normalized spacial score (nSPS) is 11.2. The van der Waals surface area contributed by atoms with Crippen LogP contribution in [0.1, 0.15) is 16.7 Å². The van der Waals surface area contributed by atoms with E-state index in [1.54, 1.807) is 12.1 Å². The van der Waals surface area contributed by atoms with Gasteiger partial charge in [0, 0.05) is 24.3 Å². The lowest BCUT2D eigenvalue weighted by Crippen LogP contribution is -2.06. The maximum atomic E-state index is 12.6. The first kappa shape index (κ1) is 43.5. The molecule has 0 aliphatic heterocycles. The van der Waals surface area contributed by atoms with Gasteiger partial charge in [0.2, 0.25) is 17.6 Å². The van der Waals surface area contributed by atoms with Crippen LogP contribution in [-0.2, 0) is 18.5 Å². The Morgan fingerprint density at radius 3 is 1.36 bits per heavy atom. The number of nitrogens with two attached hydrogens (primary N) is 1. The minimum atomic E-state index is -4.71. The number of nitrogen functional groups attached to an aromatic ring is 1. The zero-order chi connectivity index (χ0) is 42.0. The molecule has 0 spiro atoms. The maximum Gasteiger partial charge on any atom is 0.416 e. The summed E-state index contributed by atoms with van der Waals surface area (Å²) in [4.78, 5) is 26.8. The van der Waals surface area contributed by atoms with Crippen LogP contribution in [0.5, 0.6) is 11.8 Å². The number of nitro groups is 2. The zero-order valence-electron chi connectivity index (χ0n) is 28.3. The van der Waals surface area contributed by atoms with E-state index in [1.807, 2.05) is 0 Å². The average molecular weight is 806 g/mol. The summed E-state index contributed by atoms with van der Waals surface area (Å²) in [6, 6.07) is 12.8. The highest BCUT2D eigenvalue weighted by Crippen LogP contribution is 2.37. The highest BCUT2D eigenvalue weighted by molar-refractivity contribution is 5.73. The van der Waals surface area contributed by atoms with Crippen molar-refractivity contribution in [3.8, 4) is 11.8 Å². The standard InChI is InChI=1S/C13H10F3N3O3.C13H12F3N3O.C7H3F4NO2/c1-22-12-5-3-9(7-17-12)18-10-4-2-8(13(14,15)16)6-11(10)19(20)21;1-20-12-5-3-9(7-18-12)19-11-4-2-8(6-10(11)17)13(14,15)16;8-5-2-1-4(7(9,10)11)3-6(5)12(13)14/h2-7,18H,1H3;2-7,19H,17H2,1H3;1-3H. The van der Waals surface area contributed by atoms with Gasteiger partial charge in [-0.05, 0) is 54.6 Å². The lowest BCUT2D eigenvalue weighted by Gasteiger charge is -2.12. The smallest absolute Gasteiger partial charge is 0.416 e. The van der Waals surface area contributed by atoms with Gasteiger partial charge >= 0.3 is 24.2 Å². The SMILES string of the molecule is COc1ccc(Nc2ccc(C(F)(F)F)cc2N)cn1.COc1ccc(Nc2ccc(C(F)(F)F)cc2[N+](=O)[O-])cn1.O=[N+]([O-])c1cc(C(F)(F)F)ccc1F. The number of halogens is 10. The van der Waals surface area contributed by atoms with Crippen molar-refractivity contribution in [1.82, 2.24) is 9.97 Å². The van der Waals surface area contributed by atoms with Gasteiger partial charge in [0.1, 0.15) is 5.69 Å². The second-order valence-electron chi connectivity index (χ2n) is 10.6. The summed E-state index contributed by atoms with van der Waals surface area (Å²) in [5.74, 6) is -0.508. The van der Waals surface area contributed by atoms with E-state index in [1.165, 1.54) is 44.8 Å². The van der Waals surface area contributed by atoms with E-state index in [0.717, 1.165) is 24.3 Å². The third-order valence-corrected chi connectivity index (χ3v) is 6.82. The molecule has 5 rings (SSSR count). The summed E-state index contributed by atoms with van der Waals surface area (Å²) in [6.45, 7) is 0. The van der Waals surface area contributed by atoms with Gasteiger partial charge < -0.3 is 25.8 Å². The Bertz CT molecular complexity index is 2130. The van der Waals surface area contributed by atoms with Crippen LogP contribution in [0.4, 0.5) is 83.7 Å². The highest BCUT2D eigenvalue weighted by Gasteiger charge is 2.34. The van der Waals surface area contributed by atoms with Crippen LogP contribution in [0.25, 0.3) is 0 Å². The number of anilines is 5. The molecule has 23 heteroatoms. The van der Waals surface area contributed by atoms with Crippen LogP contribution in [-0.4, -0.2) is 34.0 Å². The molecule has 0 radical (unpaired) electrons. The largest absolute Gasteiger partial charge is 0.481 e. The highest BCUT2D eigenvalue weighted by atomic mass is 19.4. The molecular formula is C33H25F10N7O6. The molecule has 0 saturated heterocycles. The van der Waals surface area contributed by atoms with E-state index in [2.05, 4.69) is 20.6 Å². The average Bonchev–Trinajstić information content (AvgIpc) is 3.12. The molecule has 4 N–H and O–H groups in total. The number of alkyl halides is 9. The number of nitrogens with one attached hydrogen (secondary N) is 2. The van der Waals surface area contributed by atoms with Crippen LogP contribution in [0.2, 0.25) is 0 Å². The molecule has 0 unspecified atom stereocenters. The molecule has 3 aromatic carbocycles. The number of ether oxygens (including phenoxy) is 2. The quantitative estimate of drug-likeness (QED) is 0.0588. The molecule has 0 fully saturated rings. The lowest BCUT2D eigenvalue weighted by atomic mass is 10.1. The van der Waals surface area contributed by atoms with Crippen molar-refractivity contribution in [2.75, 3.05) is 30.6 Å². The molecule has 0 saturated carbocycles. The number of pyridine rings is 2. The number of nitrogens with zero attached hydrogens (tertiary/aromatic N) is 4. The number of rotatable bonds is 8. The molecule has 298 valence electrons. The molecule has 0 amide bonds.